The van der Waals surface area contributed by atoms with Crippen LogP contribution in [-0.2, 0) is 11.3 Å². The molecule has 1 aromatic carbocycles. The van der Waals surface area contributed by atoms with Gasteiger partial charge in [0.15, 0.2) is 0 Å². The zero-order valence-corrected chi connectivity index (χ0v) is 13.5. The van der Waals surface area contributed by atoms with Crippen LogP contribution >= 0.6 is 0 Å². The Morgan fingerprint density at radius 2 is 2.13 bits per heavy atom. The number of carbonyl (C=O) groups excluding carboxylic acids is 2. The topological polar surface area (TPSA) is 69.6 Å². The van der Waals surface area contributed by atoms with Gasteiger partial charge in [-0.25, -0.2) is 0 Å². The minimum Gasteiger partial charge on any atom is -0.391 e. The highest BCUT2D eigenvalue weighted by Gasteiger charge is 2.33. The summed E-state index contributed by atoms with van der Waals surface area (Å²) in [7, 11) is 0. The molecule has 2 atom stereocenters. The first-order valence-corrected chi connectivity index (χ1v) is 8.05. The minimum atomic E-state index is -0.463. The van der Waals surface area contributed by atoms with Crippen molar-refractivity contribution >= 4 is 11.8 Å². The number of carbonyl (C=O) groups is 2. The highest BCUT2D eigenvalue weighted by Crippen LogP contribution is 2.24. The summed E-state index contributed by atoms with van der Waals surface area (Å²) >= 11 is 0. The van der Waals surface area contributed by atoms with Crippen LogP contribution in [0, 0.1) is 0 Å². The number of likely N-dealkylation sites (tertiary alicyclic amines) is 1. The summed E-state index contributed by atoms with van der Waals surface area (Å²) in [6.07, 6.45) is 3.20. The molecule has 5 nitrogen and oxygen atoms in total. The molecular formula is C18H24N2O3. The molecule has 1 fully saturated rings. The zero-order valence-electron chi connectivity index (χ0n) is 13.5. The number of aliphatic hydroxyl groups is 1. The van der Waals surface area contributed by atoms with Crippen molar-refractivity contribution in [1.29, 1.82) is 0 Å². The van der Waals surface area contributed by atoms with Gasteiger partial charge < -0.3 is 15.3 Å². The van der Waals surface area contributed by atoms with Gasteiger partial charge in [0, 0.05) is 18.7 Å². The molecule has 1 aliphatic heterocycles. The lowest BCUT2D eigenvalue weighted by atomic mass is 10.0. The van der Waals surface area contributed by atoms with Crippen LogP contribution < -0.4 is 5.32 Å². The second-order valence-corrected chi connectivity index (χ2v) is 5.80. The van der Waals surface area contributed by atoms with Gasteiger partial charge in [-0.05, 0) is 43.0 Å². The monoisotopic (exact) mass is 316 g/mol. The number of hydrogen-bond donors (Lipinski definition) is 2. The van der Waals surface area contributed by atoms with Gasteiger partial charge in [0.2, 0.25) is 5.91 Å². The molecule has 23 heavy (non-hydrogen) atoms. The van der Waals surface area contributed by atoms with E-state index in [0.717, 1.165) is 18.4 Å². The van der Waals surface area contributed by atoms with Crippen molar-refractivity contribution in [3.63, 3.8) is 0 Å². The van der Waals surface area contributed by atoms with Gasteiger partial charge in [-0.3, -0.25) is 9.59 Å². The fourth-order valence-electron chi connectivity index (χ4n) is 2.91. The molecule has 2 rings (SSSR count). The molecule has 0 saturated carbocycles. The molecule has 0 spiro atoms. The SMILES string of the molecule is C=CC(=O)NCc1ccc(C(=O)N2CCC[C@H]2C(O)CC)cc1. The average molecular weight is 316 g/mol. The lowest BCUT2D eigenvalue weighted by Gasteiger charge is -2.28. The van der Waals surface area contributed by atoms with Crippen molar-refractivity contribution in [2.45, 2.75) is 44.9 Å². The van der Waals surface area contributed by atoms with E-state index in [1.165, 1.54) is 6.08 Å². The molecule has 1 saturated heterocycles. The molecule has 1 aromatic rings. The largest absolute Gasteiger partial charge is 0.391 e. The van der Waals surface area contributed by atoms with Crippen LogP contribution in [0.5, 0.6) is 0 Å². The molecule has 0 aliphatic carbocycles. The molecule has 0 bridgehead atoms. The molecular weight excluding hydrogens is 292 g/mol. The van der Waals surface area contributed by atoms with Crippen molar-refractivity contribution in [2.24, 2.45) is 0 Å². The number of benzene rings is 1. The van der Waals surface area contributed by atoms with E-state index in [1.54, 1.807) is 17.0 Å². The van der Waals surface area contributed by atoms with Crippen LogP contribution in [-0.4, -0.2) is 40.5 Å². The molecule has 1 heterocycles. The second kappa shape index (κ2) is 7.92. The summed E-state index contributed by atoms with van der Waals surface area (Å²) in [6.45, 7) is 6.42. The first kappa shape index (κ1) is 17.2. The Hall–Kier alpha value is -2.14. The van der Waals surface area contributed by atoms with Gasteiger partial charge >= 0.3 is 0 Å². The number of hydrogen-bond acceptors (Lipinski definition) is 3. The van der Waals surface area contributed by atoms with Crippen LogP contribution in [0.2, 0.25) is 0 Å². The van der Waals surface area contributed by atoms with Crippen molar-refractivity contribution < 1.29 is 14.7 Å². The minimum absolute atomic E-state index is 0.0401. The standard InChI is InChI=1S/C18H24N2O3/c1-3-16(21)15-6-5-11-20(15)18(23)14-9-7-13(8-10-14)12-19-17(22)4-2/h4,7-10,15-16,21H,2-3,5-6,11-12H2,1H3,(H,19,22)/t15-,16?/m0/s1. The van der Waals surface area contributed by atoms with Crippen LogP contribution in [0.15, 0.2) is 36.9 Å². The molecule has 5 heteroatoms. The Morgan fingerprint density at radius 3 is 2.74 bits per heavy atom. The van der Waals surface area contributed by atoms with Gasteiger partial charge in [-0.2, -0.15) is 0 Å². The average Bonchev–Trinajstić information content (AvgIpc) is 3.08. The van der Waals surface area contributed by atoms with E-state index in [4.69, 9.17) is 0 Å². The highest BCUT2D eigenvalue weighted by atomic mass is 16.3. The molecule has 2 N–H and O–H groups in total. The third kappa shape index (κ3) is 4.20. The van der Waals surface area contributed by atoms with Gasteiger partial charge in [0.1, 0.15) is 0 Å². The highest BCUT2D eigenvalue weighted by molar-refractivity contribution is 5.94. The van der Waals surface area contributed by atoms with E-state index in [-0.39, 0.29) is 17.9 Å². The summed E-state index contributed by atoms with van der Waals surface area (Å²) in [4.78, 5) is 25.6. The Morgan fingerprint density at radius 1 is 1.43 bits per heavy atom. The van der Waals surface area contributed by atoms with Gasteiger partial charge in [0.05, 0.1) is 12.1 Å². The zero-order chi connectivity index (χ0) is 16.8. The lowest BCUT2D eigenvalue weighted by molar-refractivity contribution is -0.116. The maximum Gasteiger partial charge on any atom is 0.254 e. The molecule has 1 unspecified atom stereocenters. The van der Waals surface area contributed by atoms with Gasteiger partial charge in [-0.1, -0.05) is 25.6 Å². The maximum absolute atomic E-state index is 12.6. The number of nitrogens with zero attached hydrogens (tertiary/aromatic N) is 1. The molecule has 0 aromatic heterocycles. The number of aliphatic hydroxyl groups excluding tert-OH is 1. The maximum atomic E-state index is 12.6. The quantitative estimate of drug-likeness (QED) is 0.787. The summed E-state index contributed by atoms with van der Waals surface area (Å²) in [5.74, 6) is -0.264. The van der Waals surface area contributed by atoms with Crippen LogP contribution in [0.25, 0.3) is 0 Å². The third-order valence-corrected chi connectivity index (χ3v) is 4.28. The number of amides is 2. The predicted octanol–water partition coefficient (Wildman–Crippen LogP) is 1.86. The van der Waals surface area contributed by atoms with E-state index < -0.39 is 6.10 Å². The summed E-state index contributed by atoms with van der Waals surface area (Å²) in [6, 6.07) is 7.12. The molecule has 124 valence electrons. The lowest BCUT2D eigenvalue weighted by Crippen LogP contribution is -2.42. The van der Waals surface area contributed by atoms with Gasteiger partial charge in [0.25, 0.3) is 5.91 Å². The van der Waals surface area contributed by atoms with Crippen LogP contribution in [0.1, 0.15) is 42.1 Å². The van der Waals surface area contributed by atoms with Gasteiger partial charge in [-0.15, -0.1) is 0 Å². The summed E-state index contributed by atoms with van der Waals surface area (Å²) in [5.41, 5.74) is 1.53. The van der Waals surface area contributed by atoms with Crippen molar-refractivity contribution in [3.8, 4) is 0 Å². The fourth-order valence-corrected chi connectivity index (χ4v) is 2.91. The Kier molecular flexibility index (Phi) is 5.93. The molecule has 2 amide bonds. The normalized spacial score (nSPS) is 18.5. The summed E-state index contributed by atoms with van der Waals surface area (Å²) < 4.78 is 0. The molecule has 0 radical (unpaired) electrons. The van der Waals surface area contributed by atoms with Crippen LogP contribution in [0.4, 0.5) is 0 Å². The Balaban J connectivity index is 2.02. The summed E-state index contributed by atoms with van der Waals surface area (Å²) in [5, 5.41) is 12.8. The second-order valence-electron chi connectivity index (χ2n) is 5.80. The first-order chi connectivity index (χ1) is 11.1. The smallest absolute Gasteiger partial charge is 0.254 e. The van der Waals surface area contributed by atoms with E-state index in [0.29, 0.717) is 25.1 Å². The number of nitrogens with one attached hydrogen (secondary N) is 1. The van der Waals surface area contributed by atoms with Crippen molar-refractivity contribution in [1.82, 2.24) is 10.2 Å². The number of rotatable bonds is 6. The van der Waals surface area contributed by atoms with E-state index in [9.17, 15) is 14.7 Å². The van der Waals surface area contributed by atoms with E-state index in [2.05, 4.69) is 11.9 Å². The van der Waals surface area contributed by atoms with E-state index in [1.807, 2.05) is 19.1 Å². The van der Waals surface area contributed by atoms with Crippen molar-refractivity contribution in [3.05, 3.63) is 48.0 Å². The Labute approximate surface area is 137 Å². The van der Waals surface area contributed by atoms with E-state index >= 15 is 0 Å². The first-order valence-electron chi connectivity index (χ1n) is 8.05. The third-order valence-electron chi connectivity index (χ3n) is 4.28. The van der Waals surface area contributed by atoms with Crippen LogP contribution in [0.3, 0.4) is 0 Å². The predicted molar refractivity (Wildman–Crippen MR) is 88.8 cm³/mol. The van der Waals surface area contributed by atoms with Crippen molar-refractivity contribution in [2.75, 3.05) is 6.54 Å². The fraction of sp³-hybridized carbons (Fsp3) is 0.444. The molecule has 1 aliphatic rings. The Bertz CT molecular complexity index is 568.